The molecule has 0 aliphatic carbocycles. The van der Waals surface area contributed by atoms with Gasteiger partial charge in [-0.1, -0.05) is 29.8 Å². The van der Waals surface area contributed by atoms with E-state index in [1.165, 1.54) is 4.90 Å². The fraction of sp³-hybridized carbons (Fsp3) is 0.429. The summed E-state index contributed by atoms with van der Waals surface area (Å²) >= 11 is 6.35. The number of piperidine rings is 1. The molecule has 5 rings (SSSR count). The number of halogens is 7. The lowest BCUT2D eigenvalue weighted by molar-refractivity contribution is -0.146. The van der Waals surface area contributed by atoms with Gasteiger partial charge in [0.1, 0.15) is 5.56 Å². The highest BCUT2D eigenvalue weighted by Gasteiger charge is 2.41. The van der Waals surface area contributed by atoms with Crippen LogP contribution < -0.4 is 9.80 Å². The highest BCUT2D eigenvalue weighted by molar-refractivity contribution is 6.31. The number of rotatable bonds is 6. The Hall–Kier alpha value is -3.45. The van der Waals surface area contributed by atoms with Gasteiger partial charge in [-0.3, -0.25) is 10.00 Å². The molecule has 3 aromatic rings. The van der Waals surface area contributed by atoms with Crippen molar-refractivity contribution in [3.8, 4) is 11.1 Å². The normalized spacial score (nSPS) is 18.9. The molecule has 2 aromatic carbocycles. The third-order valence-electron chi connectivity index (χ3n) is 7.72. The van der Waals surface area contributed by atoms with Gasteiger partial charge in [0.05, 0.1) is 12.2 Å². The van der Waals surface area contributed by atoms with Gasteiger partial charge in [0.15, 0.2) is 5.69 Å². The number of hydrogen-bond donors (Lipinski definition) is 2. The van der Waals surface area contributed by atoms with Crippen LogP contribution in [0.5, 0.6) is 0 Å². The van der Waals surface area contributed by atoms with Crippen molar-refractivity contribution in [2.45, 2.75) is 31.1 Å². The summed E-state index contributed by atoms with van der Waals surface area (Å²) in [5.41, 5.74) is 0.987. The molecule has 42 heavy (non-hydrogen) atoms. The minimum atomic E-state index is -4.88. The minimum absolute atomic E-state index is 0.122. The molecule has 0 radical (unpaired) electrons. The van der Waals surface area contributed by atoms with Crippen LogP contribution in [0.3, 0.4) is 0 Å². The molecule has 2 aliphatic rings. The van der Waals surface area contributed by atoms with Crippen molar-refractivity contribution in [3.05, 3.63) is 64.4 Å². The predicted octanol–water partition coefficient (Wildman–Crippen LogP) is 6.52. The van der Waals surface area contributed by atoms with Crippen LogP contribution in [-0.4, -0.2) is 78.2 Å². The van der Waals surface area contributed by atoms with E-state index in [1.54, 1.807) is 12.1 Å². The average molecular weight is 616 g/mol. The lowest BCUT2D eigenvalue weighted by atomic mass is 9.90. The molecule has 7 nitrogen and oxygen atoms in total. The number of H-pyrrole nitrogens is 1. The van der Waals surface area contributed by atoms with E-state index in [4.69, 9.17) is 11.6 Å². The first-order valence-corrected chi connectivity index (χ1v) is 13.8. The Labute approximate surface area is 242 Å². The molecule has 0 bridgehead atoms. The number of carboxylic acid groups (broad SMARTS) is 1. The summed E-state index contributed by atoms with van der Waals surface area (Å²) < 4.78 is 78.5. The standard InChI is InChI=1S/C28H28ClF6N5O2/c29-19-5-8-21(17-3-6-20(7-4-17)39-12-10-38(11-13-39)16-27(30,31)32)22(14-19)40-9-1-2-18(15-40)24-23(26(41)42)25(37-36-24)28(33,34)35/h3-8,14,18H,1-2,9-13,15-16H2,(H,36,37)(H,41,42). The number of piperazine rings is 1. The van der Waals surface area contributed by atoms with Crippen LogP contribution in [0.25, 0.3) is 11.1 Å². The van der Waals surface area contributed by atoms with Crippen LogP contribution in [0.4, 0.5) is 37.7 Å². The van der Waals surface area contributed by atoms with E-state index in [2.05, 4.69) is 5.10 Å². The second-order valence-electron chi connectivity index (χ2n) is 10.5. The Morgan fingerprint density at radius 2 is 1.67 bits per heavy atom. The zero-order valence-electron chi connectivity index (χ0n) is 22.3. The summed E-state index contributed by atoms with van der Waals surface area (Å²) in [7, 11) is 0. The van der Waals surface area contributed by atoms with E-state index in [-0.39, 0.29) is 12.2 Å². The number of carbonyl (C=O) groups is 1. The second-order valence-corrected chi connectivity index (χ2v) is 11.0. The maximum atomic E-state index is 13.4. The summed E-state index contributed by atoms with van der Waals surface area (Å²) in [4.78, 5) is 17.2. The zero-order valence-corrected chi connectivity index (χ0v) is 23.0. The van der Waals surface area contributed by atoms with Crippen molar-refractivity contribution in [3.63, 3.8) is 0 Å². The third kappa shape index (κ3) is 6.62. The number of anilines is 2. The summed E-state index contributed by atoms with van der Waals surface area (Å²) in [6.07, 6.45) is -8.03. The van der Waals surface area contributed by atoms with Gasteiger partial charge >= 0.3 is 18.3 Å². The van der Waals surface area contributed by atoms with Gasteiger partial charge in [-0.15, -0.1) is 0 Å². The molecular weight excluding hydrogens is 588 g/mol. The van der Waals surface area contributed by atoms with E-state index in [0.717, 1.165) is 22.5 Å². The van der Waals surface area contributed by atoms with Crippen LogP contribution >= 0.6 is 11.6 Å². The number of nitrogens with zero attached hydrogens (tertiary/aromatic N) is 4. The number of aromatic nitrogens is 2. The van der Waals surface area contributed by atoms with Crippen LogP contribution in [0.15, 0.2) is 42.5 Å². The number of aromatic amines is 1. The van der Waals surface area contributed by atoms with Crippen molar-refractivity contribution in [1.82, 2.24) is 15.1 Å². The molecule has 1 unspecified atom stereocenters. The first kappa shape index (κ1) is 30.0. The zero-order chi connectivity index (χ0) is 30.2. The molecule has 2 saturated heterocycles. The SMILES string of the molecule is O=C(O)c1c(C2CCCN(c3cc(Cl)ccc3-c3ccc(N4CCN(CC(F)(F)F)CC4)cc3)C2)n[nH]c1C(F)(F)F. The second kappa shape index (κ2) is 11.7. The Kier molecular flexibility index (Phi) is 8.35. The van der Waals surface area contributed by atoms with Gasteiger partial charge in [0.2, 0.25) is 0 Å². The van der Waals surface area contributed by atoms with Crippen molar-refractivity contribution >= 4 is 28.9 Å². The largest absolute Gasteiger partial charge is 0.478 e. The lowest BCUT2D eigenvalue weighted by Gasteiger charge is -2.36. The maximum absolute atomic E-state index is 13.4. The number of carboxylic acids is 1. The van der Waals surface area contributed by atoms with E-state index < -0.39 is 42.0 Å². The van der Waals surface area contributed by atoms with E-state index in [1.807, 2.05) is 45.2 Å². The summed E-state index contributed by atoms with van der Waals surface area (Å²) in [6.45, 7) is 1.47. The Balaban J connectivity index is 1.36. The minimum Gasteiger partial charge on any atom is -0.478 e. The summed E-state index contributed by atoms with van der Waals surface area (Å²) in [6, 6.07) is 13.0. The molecule has 2 N–H and O–H groups in total. The fourth-order valence-corrected chi connectivity index (χ4v) is 5.94. The number of benzene rings is 2. The van der Waals surface area contributed by atoms with Crippen LogP contribution in [-0.2, 0) is 6.18 Å². The molecular formula is C28H28ClF6N5O2. The number of alkyl halides is 6. The van der Waals surface area contributed by atoms with E-state index >= 15 is 0 Å². The summed E-state index contributed by atoms with van der Waals surface area (Å²) in [5.74, 6) is -2.24. The number of hydrogen-bond acceptors (Lipinski definition) is 5. The monoisotopic (exact) mass is 615 g/mol. The van der Waals surface area contributed by atoms with Crippen molar-refractivity contribution < 1.29 is 36.2 Å². The van der Waals surface area contributed by atoms with Crippen molar-refractivity contribution in [1.29, 1.82) is 0 Å². The van der Waals surface area contributed by atoms with Gasteiger partial charge in [-0.2, -0.15) is 31.4 Å². The molecule has 226 valence electrons. The van der Waals surface area contributed by atoms with Crippen molar-refractivity contribution in [2.75, 3.05) is 55.6 Å². The Bertz CT molecular complexity index is 1420. The molecule has 0 amide bonds. The highest BCUT2D eigenvalue weighted by Crippen LogP contribution is 2.40. The predicted molar refractivity (Wildman–Crippen MR) is 146 cm³/mol. The molecule has 2 aliphatic heterocycles. The average Bonchev–Trinajstić information content (AvgIpc) is 3.40. The van der Waals surface area contributed by atoms with Crippen LogP contribution in [0, 0.1) is 0 Å². The van der Waals surface area contributed by atoms with Gasteiger partial charge in [-0.05, 0) is 42.7 Å². The van der Waals surface area contributed by atoms with Crippen LogP contribution in [0.1, 0.15) is 40.5 Å². The van der Waals surface area contributed by atoms with E-state index in [9.17, 15) is 36.2 Å². The van der Waals surface area contributed by atoms with Crippen molar-refractivity contribution in [2.24, 2.45) is 0 Å². The fourth-order valence-electron chi connectivity index (χ4n) is 5.77. The smallest absolute Gasteiger partial charge is 0.433 e. The molecule has 3 heterocycles. The van der Waals surface area contributed by atoms with Gasteiger partial charge < -0.3 is 14.9 Å². The molecule has 0 spiro atoms. The molecule has 1 aromatic heterocycles. The first-order valence-electron chi connectivity index (χ1n) is 13.4. The topological polar surface area (TPSA) is 75.7 Å². The molecule has 1 atom stereocenters. The Morgan fingerprint density at radius 3 is 2.29 bits per heavy atom. The Morgan fingerprint density at radius 1 is 0.976 bits per heavy atom. The van der Waals surface area contributed by atoms with Gasteiger partial charge in [0, 0.05) is 67.1 Å². The lowest BCUT2D eigenvalue weighted by Crippen LogP contribution is -2.49. The molecule has 2 fully saturated rings. The van der Waals surface area contributed by atoms with Gasteiger partial charge in [-0.25, -0.2) is 4.79 Å². The first-order chi connectivity index (χ1) is 19.8. The number of aromatic carboxylic acids is 1. The van der Waals surface area contributed by atoms with Crippen LogP contribution in [0.2, 0.25) is 5.02 Å². The summed E-state index contributed by atoms with van der Waals surface area (Å²) in [5, 5.41) is 15.7. The van der Waals surface area contributed by atoms with Gasteiger partial charge in [0.25, 0.3) is 0 Å². The number of nitrogens with one attached hydrogen (secondary N) is 1. The quantitative estimate of drug-likeness (QED) is 0.308. The highest BCUT2D eigenvalue weighted by atomic mass is 35.5. The third-order valence-corrected chi connectivity index (χ3v) is 7.95. The molecule has 14 heteroatoms. The molecule has 0 saturated carbocycles. The van der Waals surface area contributed by atoms with E-state index in [0.29, 0.717) is 50.6 Å². The maximum Gasteiger partial charge on any atom is 0.433 e.